The predicted octanol–water partition coefficient (Wildman–Crippen LogP) is 4.83. The van der Waals surface area contributed by atoms with E-state index < -0.39 is 16.0 Å². The van der Waals surface area contributed by atoms with E-state index >= 15 is 0 Å². The first kappa shape index (κ1) is 20.9. The Hall–Kier alpha value is -2.83. The van der Waals surface area contributed by atoms with Crippen LogP contribution in [0.25, 0.3) is 0 Å². The number of methoxy groups -OCH3 is 1. The lowest BCUT2D eigenvalue weighted by Crippen LogP contribution is -2.31. The van der Waals surface area contributed by atoms with Gasteiger partial charge in [0.15, 0.2) is 0 Å². The molecule has 0 saturated heterocycles. The van der Waals surface area contributed by atoms with Crippen molar-refractivity contribution in [3.8, 4) is 0 Å². The van der Waals surface area contributed by atoms with Crippen molar-refractivity contribution in [3.05, 3.63) is 94.5 Å². The summed E-state index contributed by atoms with van der Waals surface area (Å²) >= 11 is 6.26. The number of rotatable bonds is 6. The third-order valence-corrected chi connectivity index (χ3v) is 6.72. The van der Waals surface area contributed by atoms with Crippen molar-refractivity contribution in [2.75, 3.05) is 11.4 Å². The molecular weight excluding hydrogens is 410 g/mol. The number of carbonyl (C=O) groups excluding carboxylic acids is 1. The van der Waals surface area contributed by atoms with Crippen LogP contribution in [0.15, 0.2) is 77.7 Å². The Morgan fingerprint density at radius 1 is 0.966 bits per heavy atom. The van der Waals surface area contributed by atoms with E-state index in [1.54, 1.807) is 79.7 Å². The number of hydrogen-bond acceptors (Lipinski definition) is 4. The largest absolute Gasteiger partial charge is 0.465 e. The number of halogens is 1. The molecule has 3 rings (SSSR count). The minimum absolute atomic E-state index is 0.0832. The zero-order valence-corrected chi connectivity index (χ0v) is 17.6. The Morgan fingerprint density at radius 3 is 2.24 bits per heavy atom. The number of anilines is 1. The molecule has 0 bridgehead atoms. The van der Waals surface area contributed by atoms with E-state index in [0.717, 1.165) is 5.56 Å². The maximum atomic E-state index is 13.4. The van der Waals surface area contributed by atoms with Gasteiger partial charge in [-0.25, -0.2) is 13.2 Å². The molecule has 0 fully saturated rings. The maximum absolute atomic E-state index is 13.4. The quantitative estimate of drug-likeness (QED) is 0.526. The standard InChI is InChI=1S/C22H20ClNO4S/c1-16-20(23)9-6-10-21(16)24(29(26,27)19-7-4-3-5-8-19)15-17-11-13-18(14-12-17)22(25)28-2/h3-14H,15H2,1-2H3. The van der Waals surface area contributed by atoms with Crippen molar-refractivity contribution in [1.29, 1.82) is 0 Å². The van der Waals surface area contributed by atoms with E-state index in [-0.39, 0.29) is 11.4 Å². The van der Waals surface area contributed by atoms with Crippen molar-refractivity contribution < 1.29 is 17.9 Å². The third kappa shape index (κ3) is 4.44. The number of hydrogen-bond donors (Lipinski definition) is 0. The highest BCUT2D eigenvalue weighted by atomic mass is 35.5. The molecule has 0 N–H and O–H groups in total. The summed E-state index contributed by atoms with van der Waals surface area (Å²) in [6.07, 6.45) is 0. The van der Waals surface area contributed by atoms with Gasteiger partial charge in [0.2, 0.25) is 0 Å². The van der Waals surface area contributed by atoms with E-state index in [1.807, 2.05) is 0 Å². The van der Waals surface area contributed by atoms with Crippen molar-refractivity contribution in [3.63, 3.8) is 0 Å². The van der Waals surface area contributed by atoms with E-state index in [1.165, 1.54) is 11.4 Å². The van der Waals surface area contributed by atoms with Gasteiger partial charge in [-0.05, 0) is 54.4 Å². The summed E-state index contributed by atoms with van der Waals surface area (Å²) in [4.78, 5) is 11.8. The topological polar surface area (TPSA) is 63.7 Å². The second kappa shape index (κ2) is 8.68. The fourth-order valence-corrected chi connectivity index (χ4v) is 4.62. The van der Waals surface area contributed by atoms with Gasteiger partial charge in [-0.3, -0.25) is 4.31 Å². The molecule has 5 nitrogen and oxygen atoms in total. The average molecular weight is 430 g/mol. The molecule has 150 valence electrons. The Bertz CT molecular complexity index is 1110. The first-order valence-electron chi connectivity index (χ1n) is 8.84. The molecule has 7 heteroatoms. The molecule has 0 aromatic heterocycles. The van der Waals surface area contributed by atoms with Crippen LogP contribution in [0.3, 0.4) is 0 Å². The number of esters is 1. The van der Waals surface area contributed by atoms with Crippen LogP contribution >= 0.6 is 11.6 Å². The van der Waals surface area contributed by atoms with Gasteiger partial charge in [-0.15, -0.1) is 0 Å². The highest BCUT2D eigenvalue weighted by molar-refractivity contribution is 7.92. The fraction of sp³-hybridized carbons (Fsp3) is 0.136. The summed E-state index contributed by atoms with van der Waals surface area (Å²) in [5, 5.41) is 0.483. The normalized spacial score (nSPS) is 11.1. The predicted molar refractivity (Wildman–Crippen MR) is 114 cm³/mol. The molecule has 0 spiro atoms. The molecular formula is C22H20ClNO4S. The van der Waals surface area contributed by atoms with Crippen molar-refractivity contribution >= 4 is 33.3 Å². The smallest absolute Gasteiger partial charge is 0.337 e. The van der Waals surface area contributed by atoms with Crippen LogP contribution in [-0.2, 0) is 21.3 Å². The first-order valence-corrected chi connectivity index (χ1v) is 10.7. The Kier molecular flexibility index (Phi) is 6.25. The van der Waals surface area contributed by atoms with Crippen molar-refractivity contribution in [2.45, 2.75) is 18.4 Å². The number of nitrogens with zero attached hydrogens (tertiary/aromatic N) is 1. The van der Waals surface area contributed by atoms with Crippen LogP contribution in [0.2, 0.25) is 5.02 Å². The molecule has 0 aliphatic heterocycles. The minimum atomic E-state index is -3.84. The number of carbonyl (C=O) groups is 1. The van der Waals surface area contributed by atoms with Crippen molar-refractivity contribution in [2.24, 2.45) is 0 Å². The third-order valence-electron chi connectivity index (χ3n) is 4.54. The van der Waals surface area contributed by atoms with E-state index in [2.05, 4.69) is 0 Å². The minimum Gasteiger partial charge on any atom is -0.465 e. The number of ether oxygens (including phenoxy) is 1. The highest BCUT2D eigenvalue weighted by Gasteiger charge is 2.27. The molecule has 3 aromatic carbocycles. The van der Waals surface area contributed by atoms with Gasteiger partial charge in [0.25, 0.3) is 10.0 Å². The molecule has 0 heterocycles. The molecule has 0 saturated carbocycles. The average Bonchev–Trinajstić information content (AvgIpc) is 2.74. The van der Waals surface area contributed by atoms with Gasteiger partial charge in [0, 0.05) is 5.02 Å². The van der Waals surface area contributed by atoms with Crippen molar-refractivity contribution in [1.82, 2.24) is 0 Å². The van der Waals surface area contributed by atoms with Gasteiger partial charge < -0.3 is 4.74 Å². The van der Waals surface area contributed by atoms with E-state index in [0.29, 0.717) is 21.8 Å². The van der Waals surface area contributed by atoms with Gasteiger partial charge in [-0.1, -0.05) is 48.0 Å². The molecule has 0 unspecified atom stereocenters. The van der Waals surface area contributed by atoms with Gasteiger partial charge >= 0.3 is 5.97 Å². The van der Waals surface area contributed by atoms with E-state index in [9.17, 15) is 13.2 Å². The van der Waals surface area contributed by atoms with Gasteiger partial charge in [-0.2, -0.15) is 0 Å². The summed E-state index contributed by atoms with van der Waals surface area (Å²) in [7, 11) is -2.53. The lowest BCUT2D eigenvalue weighted by molar-refractivity contribution is 0.0600. The van der Waals surface area contributed by atoms with E-state index in [4.69, 9.17) is 16.3 Å². The van der Waals surface area contributed by atoms with Crippen LogP contribution in [-0.4, -0.2) is 21.5 Å². The Balaban J connectivity index is 2.06. The van der Waals surface area contributed by atoms with Gasteiger partial charge in [0.05, 0.1) is 29.8 Å². The molecule has 29 heavy (non-hydrogen) atoms. The van der Waals surface area contributed by atoms with Crippen LogP contribution in [0, 0.1) is 6.92 Å². The lowest BCUT2D eigenvalue weighted by atomic mass is 10.1. The summed E-state index contributed by atoms with van der Waals surface area (Å²) in [5.74, 6) is -0.448. The summed E-state index contributed by atoms with van der Waals surface area (Å²) in [5.41, 5.74) is 2.28. The maximum Gasteiger partial charge on any atom is 0.337 e. The fourth-order valence-electron chi connectivity index (χ4n) is 2.92. The highest BCUT2D eigenvalue weighted by Crippen LogP contribution is 2.32. The summed E-state index contributed by atoms with van der Waals surface area (Å²) < 4.78 is 32.9. The SMILES string of the molecule is COC(=O)c1ccc(CN(c2cccc(Cl)c2C)S(=O)(=O)c2ccccc2)cc1. The Labute approximate surface area is 175 Å². The molecule has 0 aliphatic rings. The second-order valence-corrected chi connectivity index (χ2v) is 8.67. The lowest BCUT2D eigenvalue weighted by Gasteiger charge is -2.26. The number of benzene rings is 3. The Morgan fingerprint density at radius 2 is 1.62 bits per heavy atom. The summed E-state index contributed by atoms with van der Waals surface area (Å²) in [6.45, 7) is 1.87. The molecule has 0 atom stereocenters. The van der Waals surface area contributed by atoms with Crippen LogP contribution in [0.1, 0.15) is 21.5 Å². The second-order valence-electron chi connectivity index (χ2n) is 6.40. The molecule has 0 radical (unpaired) electrons. The zero-order chi connectivity index (χ0) is 21.0. The molecule has 0 aliphatic carbocycles. The van der Waals surface area contributed by atoms with Crippen LogP contribution in [0.5, 0.6) is 0 Å². The van der Waals surface area contributed by atoms with Crippen LogP contribution in [0.4, 0.5) is 5.69 Å². The summed E-state index contributed by atoms with van der Waals surface area (Å²) in [6, 6.07) is 20.0. The number of sulfonamides is 1. The first-order chi connectivity index (χ1) is 13.8. The molecule has 0 amide bonds. The van der Waals surface area contributed by atoms with Crippen LogP contribution < -0.4 is 4.31 Å². The van der Waals surface area contributed by atoms with Gasteiger partial charge in [0.1, 0.15) is 0 Å². The zero-order valence-electron chi connectivity index (χ0n) is 16.0. The monoisotopic (exact) mass is 429 g/mol. The molecule has 3 aromatic rings.